The fourth-order valence-electron chi connectivity index (χ4n) is 5.33. The number of unbranched alkanes of at least 4 members (excludes halogenated alkanes) is 2. The number of hydrogen-bond donors (Lipinski definition) is 7. The molecule has 2 heterocycles. The van der Waals surface area contributed by atoms with Crippen molar-refractivity contribution in [3.63, 3.8) is 0 Å². The summed E-state index contributed by atoms with van der Waals surface area (Å²) in [5.74, 6) is 0.412. The molecule has 7 N–H and O–H groups in total. The number of ether oxygens (including phenoxy) is 4. The third kappa shape index (κ3) is 7.32. The molecular weight excluding hydrogens is 464 g/mol. The molecule has 0 bridgehead atoms. The van der Waals surface area contributed by atoms with E-state index in [4.69, 9.17) is 18.9 Å². The Morgan fingerprint density at radius 1 is 0.800 bits per heavy atom. The molecule has 2 aliphatic heterocycles. The van der Waals surface area contributed by atoms with Crippen molar-refractivity contribution in [2.75, 3.05) is 13.2 Å². The first-order valence-electron chi connectivity index (χ1n) is 13.1. The summed E-state index contributed by atoms with van der Waals surface area (Å²) in [5, 5.41) is 70.8. The van der Waals surface area contributed by atoms with Gasteiger partial charge in [-0.3, -0.25) is 0 Å². The van der Waals surface area contributed by atoms with E-state index in [0.717, 1.165) is 51.4 Å². The first-order valence-corrected chi connectivity index (χ1v) is 13.1. The van der Waals surface area contributed by atoms with E-state index >= 15 is 0 Å². The predicted molar refractivity (Wildman–Crippen MR) is 122 cm³/mol. The zero-order valence-corrected chi connectivity index (χ0v) is 20.5. The van der Waals surface area contributed by atoms with Gasteiger partial charge in [0.2, 0.25) is 0 Å². The Morgan fingerprint density at radius 2 is 1.51 bits per heavy atom. The Hall–Kier alpha value is -0.440. The second-order valence-electron chi connectivity index (χ2n) is 10.1. The molecule has 3 aliphatic rings. The zero-order chi connectivity index (χ0) is 25.5. The maximum atomic E-state index is 10.7. The predicted octanol–water partition coefficient (Wildman–Crippen LogP) is -0.844. The van der Waals surface area contributed by atoms with Gasteiger partial charge in [-0.1, -0.05) is 45.4 Å². The molecule has 1 unspecified atom stereocenters. The van der Waals surface area contributed by atoms with E-state index in [1.54, 1.807) is 0 Å². The summed E-state index contributed by atoms with van der Waals surface area (Å²) in [6, 6.07) is 0. The molecule has 35 heavy (non-hydrogen) atoms. The van der Waals surface area contributed by atoms with Gasteiger partial charge in [0.1, 0.15) is 48.8 Å². The highest BCUT2D eigenvalue weighted by Gasteiger charge is 2.50. The first kappa shape index (κ1) is 29.1. The molecule has 0 aromatic rings. The summed E-state index contributed by atoms with van der Waals surface area (Å²) in [7, 11) is 0. The molecule has 0 amide bonds. The lowest BCUT2D eigenvalue weighted by molar-refractivity contribution is -0.356. The van der Waals surface area contributed by atoms with Crippen molar-refractivity contribution < 1.29 is 54.7 Å². The van der Waals surface area contributed by atoms with Crippen molar-refractivity contribution in [2.45, 2.75) is 132 Å². The normalized spacial score (nSPS) is 42.2. The third-order valence-electron chi connectivity index (χ3n) is 7.54. The van der Waals surface area contributed by atoms with Gasteiger partial charge in [-0.15, -0.1) is 0 Å². The molecular formula is C24H44O11. The van der Waals surface area contributed by atoms with Crippen LogP contribution in [0.25, 0.3) is 0 Å². The van der Waals surface area contributed by atoms with Crippen LogP contribution in [-0.4, -0.2) is 116 Å². The quantitative estimate of drug-likeness (QED) is 0.173. The maximum absolute atomic E-state index is 10.7. The highest BCUT2D eigenvalue weighted by atomic mass is 16.7. The first-order chi connectivity index (χ1) is 16.8. The Morgan fingerprint density at radius 3 is 2.17 bits per heavy atom. The van der Waals surface area contributed by atoms with Crippen molar-refractivity contribution in [1.82, 2.24) is 0 Å². The molecule has 3 rings (SSSR count). The van der Waals surface area contributed by atoms with Crippen LogP contribution in [0, 0.1) is 5.92 Å². The van der Waals surface area contributed by atoms with Gasteiger partial charge >= 0.3 is 0 Å². The van der Waals surface area contributed by atoms with Gasteiger partial charge in [0.25, 0.3) is 0 Å². The summed E-state index contributed by atoms with van der Waals surface area (Å²) in [6.07, 6.45) is -5.09. The van der Waals surface area contributed by atoms with Crippen LogP contribution in [-0.2, 0) is 18.9 Å². The average Bonchev–Trinajstić information content (AvgIpc) is 2.87. The van der Waals surface area contributed by atoms with E-state index in [-0.39, 0.29) is 12.7 Å². The SMILES string of the molecule is CCCCCC(OC[C@H]1O[C@@H](O)[C@H](O)[C@@H](O)[C@@H]1O[C@H]1O[C@H](CO)[C@@H](O)[C@H](O)[C@H]1O)C1CCCCC1. The average molecular weight is 509 g/mol. The van der Waals surface area contributed by atoms with Gasteiger partial charge < -0.3 is 54.7 Å². The minimum atomic E-state index is -1.69. The van der Waals surface area contributed by atoms with Gasteiger partial charge in [0.15, 0.2) is 12.6 Å². The molecule has 3 fully saturated rings. The molecule has 0 aromatic carbocycles. The largest absolute Gasteiger partial charge is 0.394 e. The van der Waals surface area contributed by atoms with Crippen LogP contribution >= 0.6 is 0 Å². The van der Waals surface area contributed by atoms with Crippen molar-refractivity contribution in [3.8, 4) is 0 Å². The Labute approximate surface area is 206 Å². The van der Waals surface area contributed by atoms with Crippen LogP contribution in [0.4, 0.5) is 0 Å². The van der Waals surface area contributed by atoms with Crippen molar-refractivity contribution >= 4 is 0 Å². The lowest BCUT2D eigenvalue weighted by atomic mass is 9.83. The van der Waals surface area contributed by atoms with E-state index < -0.39 is 68.0 Å². The molecule has 11 atom stereocenters. The van der Waals surface area contributed by atoms with Gasteiger partial charge in [0.05, 0.1) is 19.3 Å². The maximum Gasteiger partial charge on any atom is 0.187 e. The fourth-order valence-corrected chi connectivity index (χ4v) is 5.33. The second-order valence-corrected chi connectivity index (χ2v) is 10.1. The molecule has 1 saturated carbocycles. The van der Waals surface area contributed by atoms with E-state index in [1.807, 2.05) is 0 Å². The second kappa shape index (κ2) is 13.9. The Bertz CT molecular complexity index is 602. The Balaban J connectivity index is 1.69. The summed E-state index contributed by atoms with van der Waals surface area (Å²) >= 11 is 0. The van der Waals surface area contributed by atoms with Crippen molar-refractivity contribution in [2.24, 2.45) is 5.92 Å². The van der Waals surface area contributed by atoms with Gasteiger partial charge in [0, 0.05) is 0 Å². The lowest BCUT2D eigenvalue weighted by Gasteiger charge is -2.45. The number of rotatable bonds is 11. The highest BCUT2D eigenvalue weighted by molar-refractivity contribution is 4.94. The van der Waals surface area contributed by atoms with Crippen LogP contribution in [0.2, 0.25) is 0 Å². The molecule has 0 spiro atoms. The number of aliphatic hydroxyl groups is 7. The minimum absolute atomic E-state index is 0.0144. The smallest absolute Gasteiger partial charge is 0.187 e. The zero-order valence-electron chi connectivity index (χ0n) is 20.5. The van der Waals surface area contributed by atoms with E-state index in [1.165, 1.54) is 6.42 Å². The van der Waals surface area contributed by atoms with Gasteiger partial charge in [-0.25, -0.2) is 0 Å². The lowest BCUT2D eigenvalue weighted by Crippen LogP contribution is -2.64. The van der Waals surface area contributed by atoms with Crippen LogP contribution in [0.1, 0.15) is 64.7 Å². The van der Waals surface area contributed by atoms with Crippen LogP contribution in [0.15, 0.2) is 0 Å². The molecule has 11 heteroatoms. The number of aliphatic hydroxyl groups excluding tert-OH is 7. The van der Waals surface area contributed by atoms with E-state index in [2.05, 4.69) is 6.92 Å². The van der Waals surface area contributed by atoms with Gasteiger partial charge in [-0.2, -0.15) is 0 Å². The van der Waals surface area contributed by atoms with Gasteiger partial charge in [-0.05, 0) is 25.2 Å². The summed E-state index contributed by atoms with van der Waals surface area (Å²) < 4.78 is 22.9. The molecule has 0 aromatic heterocycles. The standard InChI is InChI=1S/C24H44O11/c1-2-3-5-10-14(13-8-6-4-7-9-13)32-12-16-22(19(28)20(29)23(31)33-16)35-24-21(30)18(27)17(26)15(11-25)34-24/h13-31H,2-12H2,1H3/t14?,15-,16-,17-,18+,19-,20-,21-,22-,23-,24-/m1/s1. The molecule has 2 saturated heterocycles. The molecule has 0 radical (unpaired) electrons. The van der Waals surface area contributed by atoms with Crippen molar-refractivity contribution in [3.05, 3.63) is 0 Å². The van der Waals surface area contributed by atoms with Crippen LogP contribution in [0.3, 0.4) is 0 Å². The summed E-state index contributed by atoms with van der Waals surface area (Å²) in [6.45, 7) is 1.47. The van der Waals surface area contributed by atoms with Crippen LogP contribution < -0.4 is 0 Å². The molecule has 206 valence electrons. The topological polar surface area (TPSA) is 179 Å². The van der Waals surface area contributed by atoms with E-state index in [0.29, 0.717) is 5.92 Å². The number of hydrogen-bond acceptors (Lipinski definition) is 11. The highest BCUT2D eigenvalue weighted by Crippen LogP contribution is 2.33. The van der Waals surface area contributed by atoms with Crippen LogP contribution in [0.5, 0.6) is 0 Å². The van der Waals surface area contributed by atoms with E-state index in [9.17, 15) is 35.7 Å². The Kier molecular flexibility index (Phi) is 11.6. The summed E-state index contributed by atoms with van der Waals surface area (Å²) in [4.78, 5) is 0. The summed E-state index contributed by atoms with van der Waals surface area (Å²) in [5.41, 5.74) is 0. The molecule has 1 aliphatic carbocycles. The molecule has 11 nitrogen and oxygen atoms in total. The van der Waals surface area contributed by atoms with Crippen molar-refractivity contribution in [1.29, 1.82) is 0 Å². The monoisotopic (exact) mass is 508 g/mol. The fraction of sp³-hybridized carbons (Fsp3) is 1.00. The third-order valence-corrected chi connectivity index (χ3v) is 7.54. The minimum Gasteiger partial charge on any atom is -0.394 e.